The molecule has 1 aromatic heterocycles. The lowest BCUT2D eigenvalue weighted by atomic mass is 10.1. The molecular weight excluding hydrogens is 327 g/mol. The first kappa shape index (κ1) is 15.0. The third-order valence-electron chi connectivity index (χ3n) is 3.26. The number of aromatic hydroxyl groups is 1. The highest BCUT2D eigenvalue weighted by Crippen LogP contribution is 2.38. The van der Waals surface area contributed by atoms with Gasteiger partial charge in [0, 0.05) is 5.56 Å². The van der Waals surface area contributed by atoms with Crippen LogP contribution >= 0.6 is 0 Å². The standard InChI is InChI=1S/C13H11FN4O4S/c1-2-7-5-9(16-15-7)8-3-4-10(19)13(12(8)14)18-6-11(20)17-23(18,21)22/h2-5,19H,1,6H2,(H,15,16)(H,17,20). The van der Waals surface area contributed by atoms with Crippen LogP contribution in [0, 0.1) is 5.82 Å². The molecule has 1 aliphatic rings. The average Bonchev–Trinajstić information content (AvgIpc) is 3.03. The van der Waals surface area contributed by atoms with Crippen LogP contribution in [-0.4, -0.2) is 36.2 Å². The van der Waals surface area contributed by atoms with Crippen LogP contribution in [0.4, 0.5) is 10.1 Å². The second kappa shape index (κ2) is 5.09. The van der Waals surface area contributed by atoms with E-state index >= 15 is 0 Å². The number of nitrogens with zero attached hydrogens (tertiary/aromatic N) is 2. The van der Waals surface area contributed by atoms with Gasteiger partial charge in [0.1, 0.15) is 18.0 Å². The van der Waals surface area contributed by atoms with Crippen molar-refractivity contribution >= 4 is 27.9 Å². The maximum Gasteiger partial charge on any atom is 0.326 e. The van der Waals surface area contributed by atoms with Crippen molar-refractivity contribution in [2.75, 3.05) is 10.8 Å². The minimum absolute atomic E-state index is 0.00653. The molecule has 0 aliphatic carbocycles. The summed E-state index contributed by atoms with van der Waals surface area (Å²) < 4.78 is 40.7. The molecule has 0 unspecified atom stereocenters. The molecule has 3 rings (SSSR count). The summed E-state index contributed by atoms with van der Waals surface area (Å²) in [5.74, 6) is -2.41. The van der Waals surface area contributed by atoms with Crippen LogP contribution in [-0.2, 0) is 15.0 Å². The SMILES string of the molecule is C=Cc1cc(-c2ccc(O)c(N3CC(=O)NS3(=O)=O)c2F)[nH]n1. The van der Waals surface area contributed by atoms with E-state index in [9.17, 15) is 22.7 Å². The number of aromatic nitrogens is 2. The lowest BCUT2D eigenvalue weighted by Gasteiger charge is -2.18. The minimum Gasteiger partial charge on any atom is -0.506 e. The van der Waals surface area contributed by atoms with E-state index in [4.69, 9.17) is 0 Å². The highest BCUT2D eigenvalue weighted by molar-refractivity contribution is 7.92. The average molecular weight is 338 g/mol. The molecule has 23 heavy (non-hydrogen) atoms. The van der Waals surface area contributed by atoms with Gasteiger partial charge in [-0.15, -0.1) is 0 Å². The van der Waals surface area contributed by atoms with Crippen molar-refractivity contribution in [3.8, 4) is 17.0 Å². The van der Waals surface area contributed by atoms with Crippen molar-refractivity contribution in [3.05, 3.63) is 36.3 Å². The van der Waals surface area contributed by atoms with Crippen molar-refractivity contribution in [2.24, 2.45) is 0 Å². The number of anilines is 1. The van der Waals surface area contributed by atoms with E-state index in [1.165, 1.54) is 18.2 Å². The van der Waals surface area contributed by atoms with Gasteiger partial charge in [-0.3, -0.25) is 9.89 Å². The molecule has 2 aromatic rings. The number of hydrogen-bond donors (Lipinski definition) is 3. The van der Waals surface area contributed by atoms with Gasteiger partial charge in [-0.1, -0.05) is 6.58 Å². The third-order valence-corrected chi connectivity index (χ3v) is 4.64. The molecule has 3 N–H and O–H groups in total. The van der Waals surface area contributed by atoms with Gasteiger partial charge in [-0.2, -0.15) is 13.5 Å². The first-order valence-corrected chi connectivity index (χ1v) is 7.80. The smallest absolute Gasteiger partial charge is 0.326 e. The predicted molar refractivity (Wildman–Crippen MR) is 80.1 cm³/mol. The monoisotopic (exact) mass is 338 g/mol. The van der Waals surface area contributed by atoms with Crippen LogP contribution in [0.3, 0.4) is 0 Å². The summed E-state index contributed by atoms with van der Waals surface area (Å²) in [4.78, 5) is 11.3. The van der Waals surface area contributed by atoms with E-state index in [1.54, 1.807) is 4.72 Å². The number of phenols is 1. The van der Waals surface area contributed by atoms with Crippen LogP contribution < -0.4 is 9.03 Å². The fourth-order valence-corrected chi connectivity index (χ4v) is 3.39. The first-order chi connectivity index (χ1) is 10.8. The van der Waals surface area contributed by atoms with Crippen LogP contribution in [0.2, 0.25) is 0 Å². The summed E-state index contributed by atoms with van der Waals surface area (Å²) in [5, 5.41) is 16.3. The number of aromatic amines is 1. The highest BCUT2D eigenvalue weighted by Gasteiger charge is 2.38. The molecule has 1 aliphatic heterocycles. The highest BCUT2D eigenvalue weighted by atomic mass is 32.2. The van der Waals surface area contributed by atoms with Gasteiger partial charge in [-0.05, 0) is 24.3 Å². The number of carbonyl (C=O) groups is 1. The maximum absolute atomic E-state index is 14.8. The van der Waals surface area contributed by atoms with Crippen LogP contribution in [0.15, 0.2) is 24.8 Å². The molecule has 1 aromatic carbocycles. The molecule has 120 valence electrons. The number of rotatable bonds is 3. The van der Waals surface area contributed by atoms with Gasteiger partial charge in [0.15, 0.2) is 5.82 Å². The molecule has 0 spiro atoms. The van der Waals surface area contributed by atoms with Crippen molar-refractivity contribution in [1.29, 1.82) is 0 Å². The van der Waals surface area contributed by atoms with E-state index in [-0.39, 0.29) is 11.3 Å². The summed E-state index contributed by atoms with van der Waals surface area (Å²) in [6.07, 6.45) is 1.45. The van der Waals surface area contributed by atoms with Gasteiger partial charge in [0.25, 0.3) is 5.91 Å². The maximum atomic E-state index is 14.8. The first-order valence-electron chi connectivity index (χ1n) is 6.36. The lowest BCUT2D eigenvalue weighted by molar-refractivity contribution is -0.117. The van der Waals surface area contributed by atoms with Gasteiger partial charge in [0.2, 0.25) is 0 Å². The number of H-pyrrole nitrogens is 1. The van der Waals surface area contributed by atoms with Crippen LogP contribution in [0.1, 0.15) is 5.69 Å². The van der Waals surface area contributed by atoms with Crippen molar-refractivity contribution in [3.63, 3.8) is 0 Å². The van der Waals surface area contributed by atoms with E-state index < -0.39 is 39.9 Å². The predicted octanol–water partition coefficient (Wildman–Crippen LogP) is 0.745. The second-order valence-corrected chi connectivity index (χ2v) is 6.34. The van der Waals surface area contributed by atoms with Gasteiger partial charge in [0.05, 0.1) is 11.4 Å². The minimum atomic E-state index is -4.24. The summed E-state index contributed by atoms with van der Waals surface area (Å²) in [6.45, 7) is 2.92. The number of benzene rings is 1. The fourth-order valence-electron chi connectivity index (χ4n) is 2.23. The van der Waals surface area contributed by atoms with Gasteiger partial charge < -0.3 is 5.11 Å². The Morgan fingerprint density at radius 3 is 2.74 bits per heavy atom. The van der Waals surface area contributed by atoms with Crippen molar-refractivity contribution < 1.29 is 22.7 Å². The number of nitrogens with one attached hydrogen (secondary N) is 2. The largest absolute Gasteiger partial charge is 0.506 e. The van der Waals surface area contributed by atoms with E-state index in [0.29, 0.717) is 10.00 Å². The Labute approximate surface area is 130 Å². The summed E-state index contributed by atoms with van der Waals surface area (Å²) in [7, 11) is -4.24. The normalized spacial score (nSPS) is 16.4. The Morgan fingerprint density at radius 1 is 1.43 bits per heavy atom. The molecular formula is C13H11FN4O4S. The summed E-state index contributed by atoms with van der Waals surface area (Å²) in [5.41, 5.74) is 0.137. The Morgan fingerprint density at radius 2 is 2.17 bits per heavy atom. The Bertz CT molecular complexity index is 922. The molecule has 8 nitrogen and oxygen atoms in total. The molecule has 1 fully saturated rings. The van der Waals surface area contributed by atoms with Crippen molar-refractivity contribution in [1.82, 2.24) is 14.9 Å². The molecule has 0 saturated carbocycles. The fraction of sp³-hybridized carbons (Fsp3) is 0.0769. The molecule has 10 heteroatoms. The van der Waals surface area contributed by atoms with E-state index in [2.05, 4.69) is 16.8 Å². The third kappa shape index (κ3) is 2.42. The lowest BCUT2D eigenvalue weighted by Crippen LogP contribution is -2.30. The second-order valence-electron chi connectivity index (χ2n) is 4.74. The zero-order valence-electron chi connectivity index (χ0n) is 11.6. The van der Waals surface area contributed by atoms with E-state index in [0.717, 1.165) is 6.07 Å². The topological polar surface area (TPSA) is 115 Å². The number of phenolic OH excluding ortho intramolecular Hbond substituents is 1. The Balaban J connectivity index is 2.17. The van der Waals surface area contributed by atoms with Crippen LogP contribution in [0.5, 0.6) is 5.75 Å². The van der Waals surface area contributed by atoms with Crippen LogP contribution in [0.25, 0.3) is 17.3 Å². The quantitative estimate of drug-likeness (QED) is 0.764. The Kier molecular flexibility index (Phi) is 3.33. The van der Waals surface area contributed by atoms with Gasteiger partial charge >= 0.3 is 10.2 Å². The Hall–Kier alpha value is -2.88. The number of halogens is 1. The summed E-state index contributed by atoms with van der Waals surface area (Å²) in [6, 6.07) is 3.92. The zero-order chi connectivity index (χ0) is 16.8. The number of amides is 1. The molecule has 1 saturated heterocycles. The van der Waals surface area contributed by atoms with Gasteiger partial charge in [-0.25, -0.2) is 13.4 Å². The van der Waals surface area contributed by atoms with Crippen molar-refractivity contribution in [2.45, 2.75) is 0 Å². The molecule has 0 bridgehead atoms. The number of carbonyl (C=O) groups excluding carboxylic acids is 1. The van der Waals surface area contributed by atoms with E-state index in [1.807, 2.05) is 0 Å². The molecule has 2 heterocycles. The summed E-state index contributed by atoms with van der Waals surface area (Å²) >= 11 is 0. The molecule has 1 amide bonds. The zero-order valence-corrected chi connectivity index (χ0v) is 12.4. The number of hydrogen-bond acceptors (Lipinski definition) is 5. The molecule has 0 atom stereocenters. The molecule has 0 radical (unpaired) electrons.